The number of esters is 1. The van der Waals surface area contributed by atoms with Gasteiger partial charge >= 0.3 is 5.97 Å². The minimum absolute atomic E-state index is 0.152. The second kappa shape index (κ2) is 12.7. The second-order valence-electron chi connectivity index (χ2n) is 9.66. The Balaban J connectivity index is 2.31. The van der Waals surface area contributed by atoms with Crippen LogP contribution in [0.2, 0.25) is 0 Å². The Morgan fingerprint density at radius 1 is 1.06 bits per heavy atom. The molecule has 0 aromatic heterocycles. The molecule has 4 N–H and O–H groups in total. The first-order chi connectivity index (χ1) is 16.5. The molecule has 0 aliphatic heterocycles. The van der Waals surface area contributed by atoms with Gasteiger partial charge in [0.25, 0.3) is 0 Å². The van der Waals surface area contributed by atoms with Gasteiger partial charge in [-0.15, -0.1) is 0 Å². The van der Waals surface area contributed by atoms with Crippen molar-refractivity contribution < 1.29 is 19.0 Å². The summed E-state index contributed by atoms with van der Waals surface area (Å²) in [5, 5.41) is 0.152. The number of hydrogen-bond acceptors (Lipinski definition) is 6. The number of carbonyl (C=O) groups excluding carboxylic acids is 1. The summed E-state index contributed by atoms with van der Waals surface area (Å²) in [5.74, 6) is 0.873. The molecule has 0 spiro atoms. The molecule has 7 nitrogen and oxygen atoms in total. The predicted molar refractivity (Wildman–Crippen MR) is 143 cm³/mol. The number of rotatable bonds is 11. The number of aryl methyl sites for hydroxylation is 3. The van der Waals surface area contributed by atoms with Gasteiger partial charge in [-0.1, -0.05) is 24.3 Å². The Hall–Kier alpha value is -2.84. The van der Waals surface area contributed by atoms with E-state index >= 15 is 0 Å². The lowest BCUT2D eigenvalue weighted by Crippen LogP contribution is -2.46. The average molecular weight is 502 g/mol. The Morgan fingerprint density at radius 3 is 2.31 bits per heavy atom. The highest BCUT2D eigenvalue weighted by atomic mass is 32.1. The van der Waals surface area contributed by atoms with Crippen LogP contribution in [0.25, 0.3) is 0 Å². The van der Waals surface area contributed by atoms with Crippen molar-refractivity contribution in [2.24, 2.45) is 16.9 Å². The molecule has 1 unspecified atom stereocenters. The van der Waals surface area contributed by atoms with Gasteiger partial charge in [0.05, 0.1) is 12.5 Å². The van der Waals surface area contributed by atoms with Gasteiger partial charge in [0, 0.05) is 19.5 Å². The molecule has 35 heavy (non-hydrogen) atoms. The molecule has 2 aromatic carbocycles. The fourth-order valence-electron chi connectivity index (χ4n) is 3.44. The van der Waals surface area contributed by atoms with Gasteiger partial charge in [-0.25, -0.2) is 0 Å². The van der Waals surface area contributed by atoms with E-state index in [1.54, 1.807) is 12.0 Å². The van der Waals surface area contributed by atoms with Crippen LogP contribution in [-0.4, -0.2) is 42.5 Å². The van der Waals surface area contributed by atoms with Crippen LogP contribution in [0.5, 0.6) is 11.5 Å². The Kier molecular flexibility index (Phi) is 10.3. The Labute approximate surface area is 214 Å². The summed E-state index contributed by atoms with van der Waals surface area (Å²) in [4.78, 5) is 14.6. The van der Waals surface area contributed by atoms with E-state index in [-0.39, 0.29) is 11.1 Å². The zero-order valence-corrected chi connectivity index (χ0v) is 22.5. The molecule has 0 saturated heterocycles. The van der Waals surface area contributed by atoms with Crippen molar-refractivity contribution >= 4 is 23.3 Å². The number of ether oxygens (including phenoxy) is 3. The maximum absolute atomic E-state index is 12.8. The normalized spacial score (nSPS) is 12.1. The largest absolute Gasteiger partial charge is 0.493 e. The first kappa shape index (κ1) is 28.4. The lowest BCUT2D eigenvalue weighted by atomic mass is 9.97. The molecular weight excluding hydrogens is 462 g/mol. The molecule has 0 aliphatic rings. The monoisotopic (exact) mass is 501 g/mol. The highest BCUT2D eigenvalue weighted by molar-refractivity contribution is 7.80. The predicted octanol–water partition coefficient (Wildman–Crippen LogP) is 4.24. The van der Waals surface area contributed by atoms with E-state index in [0.717, 1.165) is 11.1 Å². The molecular formula is C27H39N3O4S. The SMILES string of the molecule is COc1cc(CN(C(N)=S)C(CCc2ccc(C)c(C)c2)OC(=O)C(C)(C)C)ccc1OCCN. The number of thiocarbonyl (C=S) groups is 1. The molecule has 0 heterocycles. The number of methoxy groups -OCH3 is 1. The zero-order chi connectivity index (χ0) is 26.2. The van der Waals surface area contributed by atoms with Gasteiger partial charge in [-0.2, -0.15) is 0 Å². The smallest absolute Gasteiger partial charge is 0.313 e. The van der Waals surface area contributed by atoms with Crippen molar-refractivity contribution in [2.45, 2.75) is 60.2 Å². The van der Waals surface area contributed by atoms with E-state index in [9.17, 15) is 4.79 Å². The summed E-state index contributed by atoms with van der Waals surface area (Å²) in [6.07, 6.45) is 0.619. The van der Waals surface area contributed by atoms with E-state index in [0.29, 0.717) is 44.0 Å². The lowest BCUT2D eigenvalue weighted by molar-refractivity contribution is -0.166. The van der Waals surface area contributed by atoms with Crippen molar-refractivity contribution in [1.82, 2.24) is 4.90 Å². The maximum atomic E-state index is 12.8. The van der Waals surface area contributed by atoms with E-state index in [2.05, 4.69) is 32.0 Å². The number of hydrogen-bond donors (Lipinski definition) is 2. The number of nitrogens with zero attached hydrogens (tertiary/aromatic N) is 1. The summed E-state index contributed by atoms with van der Waals surface area (Å²) < 4.78 is 17.1. The molecule has 192 valence electrons. The van der Waals surface area contributed by atoms with Crippen LogP contribution in [0.15, 0.2) is 36.4 Å². The summed E-state index contributed by atoms with van der Waals surface area (Å²) in [5.41, 5.74) is 15.5. The molecule has 2 aromatic rings. The van der Waals surface area contributed by atoms with Crippen molar-refractivity contribution in [3.05, 3.63) is 58.7 Å². The topological polar surface area (TPSA) is 100 Å². The van der Waals surface area contributed by atoms with Crippen molar-refractivity contribution in [1.29, 1.82) is 0 Å². The highest BCUT2D eigenvalue weighted by Crippen LogP contribution is 2.29. The van der Waals surface area contributed by atoms with E-state index in [4.69, 9.17) is 37.9 Å². The van der Waals surface area contributed by atoms with Gasteiger partial charge in [0.1, 0.15) is 6.61 Å². The number of carbonyl (C=O) groups is 1. The van der Waals surface area contributed by atoms with Crippen LogP contribution in [0.3, 0.4) is 0 Å². The fourth-order valence-corrected chi connectivity index (χ4v) is 3.63. The van der Waals surface area contributed by atoms with Crippen LogP contribution < -0.4 is 20.9 Å². The molecule has 0 fully saturated rings. The van der Waals surface area contributed by atoms with Crippen molar-refractivity contribution in [2.75, 3.05) is 20.3 Å². The minimum atomic E-state index is -0.661. The third-order valence-corrected chi connectivity index (χ3v) is 5.93. The summed E-state index contributed by atoms with van der Waals surface area (Å²) in [6, 6.07) is 12.0. The van der Waals surface area contributed by atoms with Gasteiger partial charge in [0.15, 0.2) is 22.8 Å². The fraction of sp³-hybridized carbons (Fsp3) is 0.481. The van der Waals surface area contributed by atoms with Crippen LogP contribution in [-0.2, 0) is 22.5 Å². The third-order valence-electron chi connectivity index (χ3n) is 5.69. The molecule has 0 radical (unpaired) electrons. The lowest BCUT2D eigenvalue weighted by Gasteiger charge is -2.34. The van der Waals surface area contributed by atoms with Crippen LogP contribution in [0, 0.1) is 19.3 Å². The number of benzene rings is 2. The molecule has 0 bridgehead atoms. The summed E-state index contributed by atoms with van der Waals surface area (Å²) in [7, 11) is 1.58. The minimum Gasteiger partial charge on any atom is -0.493 e. The summed E-state index contributed by atoms with van der Waals surface area (Å²) >= 11 is 5.39. The molecule has 8 heteroatoms. The second-order valence-corrected chi connectivity index (χ2v) is 10.1. The first-order valence-corrected chi connectivity index (χ1v) is 12.2. The van der Waals surface area contributed by atoms with Gasteiger partial charge in [-0.05, 0) is 87.6 Å². The van der Waals surface area contributed by atoms with Crippen molar-refractivity contribution in [3.63, 3.8) is 0 Å². The zero-order valence-electron chi connectivity index (χ0n) is 21.7. The van der Waals surface area contributed by atoms with Crippen LogP contribution >= 0.6 is 12.2 Å². The quantitative estimate of drug-likeness (QED) is 0.268. The average Bonchev–Trinajstić information content (AvgIpc) is 2.80. The van der Waals surface area contributed by atoms with Crippen molar-refractivity contribution in [3.8, 4) is 11.5 Å². The van der Waals surface area contributed by atoms with E-state index < -0.39 is 11.6 Å². The molecule has 0 aliphatic carbocycles. The van der Waals surface area contributed by atoms with Crippen LogP contribution in [0.4, 0.5) is 0 Å². The van der Waals surface area contributed by atoms with E-state index in [1.165, 1.54) is 11.1 Å². The molecule has 0 saturated carbocycles. The maximum Gasteiger partial charge on any atom is 0.313 e. The molecule has 2 rings (SSSR count). The standard InChI is InChI=1S/C27H39N3O4S/c1-18-7-8-20(15-19(18)2)10-12-24(34-25(31)27(3,4)5)30(26(29)35)17-21-9-11-22(33-14-13-28)23(16-21)32-6/h7-9,11,15-16,24H,10,12-14,17,28H2,1-6H3,(H2,29,35). The first-order valence-electron chi connectivity index (χ1n) is 11.8. The Bertz CT molecular complexity index is 1020. The highest BCUT2D eigenvalue weighted by Gasteiger charge is 2.30. The third kappa shape index (κ3) is 8.40. The summed E-state index contributed by atoms with van der Waals surface area (Å²) in [6.45, 7) is 10.8. The molecule has 1 atom stereocenters. The number of nitrogens with two attached hydrogens (primary N) is 2. The molecule has 0 amide bonds. The Morgan fingerprint density at radius 2 is 1.74 bits per heavy atom. The van der Waals surface area contributed by atoms with Gasteiger partial charge in [0.2, 0.25) is 0 Å². The van der Waals surface area contributed by atoms with Crippen LogP contribution in [0.1, 0.15) is 49.4 Å². The van der Waals surface area contributed by atoms with Gasteiger partial charge in [-0.3, -0.25) is 4.79 Å². The van der Waals surface area contributed by atoms with Gasteiger partial charge < -0.3 is 30.6 Å². The van der Waals surface area contributed by atoms with E-state index in [1.807, 2.05) is 39.0 Å².